The van der Waals surface area contributed by atoms with Gasteiger partial charge in [0.1, 0.15) is 11.9 Å². The van der Waals surface area contributed by atoms with Gasteiger partial charge in [-0.1, -0.05) is 164 Å². The van der Waals surface area contributed by atoms with Crippen LogP contribution < -0.4 is 4.74 Å². The van der Waals surface area contributed by atoms with Crippen LogP contribution >= 0.6 is 0 Å². The molecule has 0 amide bonds. The van der Waals surface area contributed by atoms with Gasteiger partial charge < -0.3 is 9.30 Å². The van der Waals surface area contributed by atoms with Gasteiger partial charge in [-0.3, -0.25) is 0 Å². The predicted molar refractivity (Wildman–Crippen MR) is 225 cm³/mol. The molecular formula is C51H34N4O. The van der Waals surface area contributed by atoms with E-state index in [9.17, 15) is 0 Å². The zero-order valence-corrected chi connectivity index (χ0v) is 30.3. The van der Waals surface area contributed by atoms with Crippen molar-refractivity contribution in [2.24, 2.45) is 0 Å². The van der Waals surface area contributed by atoms with Crippen LogP contribution in [0.2, 0.25) is 0 Å². The molecule has 9 aromatic rings. The first-order chi connectivity index (χ1) is 27.8. The number of rotatable bonds is 6. The Morgan fingerprint density at radius 1 is 0.446 bits per heavy atom. The smallest absolute Gasteiger partial charge is 0.164 e. The normalized spacial score (nSPS) is 15.2. The summed E-state index contributed by atoms with van der Waals surface area (Å²) in [7, 11) is 0. The number of benzene rings is 7. The highest BCUT2D eigenvalue weighted by Crippen LogP contribution is 2.55. The summed E-state index contributed by atoms with van der Waals surface area (Å²) in [6.45, 7) is 0. The van der Waals surface area contributed by atoms with Crippen LogP contribution in [-0.2, 0) is 0 Å². The molecule has 0 spiro atoms. The Morgan fingerprint density at radius 2 is 1.00 bits per heavy atom. The number of ether oxygens (including phenoxy) is 1. The Kier molecular flexibility index (Phi) is 7.56. The third-order valence-electron chi connectivity index (χ3n) is 11.0. The molecule has 2 unspecified atom stereocenters. The highest BCUT2D eigenvalue weighted by molar-refractivity contribution is 5.92. The molecule has 0 N–H and O–H groups in total. The van der Waals surface area contributed by atoms with Crippen molar-refractivity contribution in [2.75, 3.05) is 0 Å². The molecular weight excluding hydrogens is 685 g/mol. The molecule has 7 aromatic carbocycles. The Hall–Kier alpha value is -7.37. The van der Waals surface area contributed by atoms with Gasteiger partial charge in [-0.25, -0.2) is 15.0 Å². The van der Waals surface area contributed by atoms with E-state index in [2.05, 4.69) is 162 Å². The fraction of sp³-hybridized carbons (Fsp3) is 0.0392. The lowest BCUT2D eigenvalue weighted by molar-refractivity contribution is 0.224. The molecule has 56 heavy (non-hydrogen) atoms. The topological polar surface area (TPSA) is 52.8 Å². The number of hydrogen-bond donors (Lipinski definition) is 0. The second kappa shape index (κ2) is 13.2. The highest BCUT2D eigenvalue weighted by atomic mass is 16.5. The molecule has 0 saturated carbocycles. The molecule has 2 atom stereocenters. The number of para-hydroxylation sites is 1. The fourth-order valence-electron chi connectivity index (χ4n) is 8.44. The maximum atomic E-state index is 7.00. The molecule has 11 rings (SSSR count). The first-order valence-corrected chi connectivity index (χ1v) is 19.0. The summed E-state index contributed by atoms with van der Waals surface area (Å²) in [5, 5.41) is 1.19. The average molecular weight is 719 g/mol. The van der Waals surface area contributed by atoms with E-state index in [1.165, 1.54) is 27.6 Å². The molecule has 0 bridgehead atoms. The van der Waals surface area contributed by atoms with Crippen LogP contribution in [0.25, 0.3) is 79.1 Å². The van der Waals surface area contributed by atoms with E-state index in [1.807, 2.05) is 36.4 Å². The fourth-order valence-corrected chi connectivity index (χ4v) is 8.44. The van der Waals surface area contributed by atoms with Crippen LogP contribution in [0.1, 0.15) is 28.8 Å². The summed E-state index contributed by atoms with van der Waals surface area (Å²) in [4.78, 5) is 15.4. The van der Waals surface area contributed by atoms with Crippen molar-refractivity contribution in [3.63, 3.8) is 0 Å². The van der Waals surface area contributed by atoms with Gasteiger partial charge in [0, 0.05) is 44.8 Å². The third kappa shape index (κ3) is 5.36. The minimum absolute atomic E-state index is 0.0332. The molecule has 5 heteroatoms. The summed E-state index contributed by atoms with van der Waals surface area (Å²) in [5.41, 5.74) is 13.2. The van der Waals surface area contributed by atoms with Crippen molar-refractivity contribution in [1.29, 1.82) is 0 Å². The largest absolute Gasteiger partial charge is 0.484 e. The van der Waals surface area contributed by atoms with Gasteiger partial charge >= 0.3 is 0 Å². The van der Waals surface area contributed by atoms with Crippen molar-refractivity contribution >= 4 is 17.0 Å². The molecule has 1 aliphatic heterocycles. The van der Waals surface area contributed by atoms with E-state index in [0.29, 0.717) is 17.5 Å². The van der Waals surface area contributed by atoms with Crippen molar-refractivity contribution in [3.8, 4) is 67.9 Å². The second-order valence-electron chi connectivity index (χ2n) is 14.3. The molecule has 3 heterocycles. The quantitative estimate of drug-likeness (QED) is 0.172. The van der Waals surface area contributed by atoms with Crippen LogP contribution in [0, 0.1) is 0 Å². The molecule has 0 saturated heterocycles. The monoisotopic (exact) mass is 718 g/mol. The number of fused-ring (bicyclic) bond motifs is 7. The minimum atomic E-state index is -0.213. The lowest BCUT2D eigenvalue weighted by atomic mass is 9.83. The zero-order valence-electron chi connectivity index (χ0n) is 30.3. The Bertz CT molecular complexity index is 2940. The number of aromatic nitrogens is 4. The van der Waals surface area contributed by atoms with Gasteiger partial charge in [0.05, 0.1) is 11.2 Å². The molecule has 5 nitrogen and oxygen atoms in total. The van der Waals surface area contributed by atoms with Gasteiger partial charge in [-0.2, -0.15) is 0 Å². The van der Waals surface area contributed by atoms with Crippen LogP contribution in [0.4, 0.5) is 0 Å². The lowest BCUT2D eigenvalue weighted by Crippen LogP contribution is -2.14. The van der Waals surface area contributed by atoms with Crippen molar-refractivity contribution in [3.05, 3.63) is 205 Å². The number of hydrogen-bond acceptors (Lipinski definition) is 4. The predicted octanol–water partition coefficient (Wildman–Crippen LogP) is 12.4. The van der Waals surface area contributed by atoms with E-state index >= 15 is 0 Å². The number of nitrogens with zero attached hydrogens (tertiary/aromatic N) is 4. The van der Waals surface area contributed by atoms with Crippen LogP contribution in [0.15, 0.2) is 188 Å². The SMILES string of the molecule is C1=CC2c3c(cccc3-c3nc(-c4ccccc4)nc(-c4ccc(-c5ccccc5)cc4)n3)OC2c2c1n(-c1cccc(-c3ccccc3)c1)c1ccccc21. The molecule has 264 valence electrons. The maximum absolute atomic E-state index is 7.00. The van der Waals surface area contributed by atoms with Gasteiger partial charge in [-0.15, -0.1) is 0 Å². The van der Waals surface area contributed by atoms with E-state index in [4.69, 9.17) is 19.7 Å². The average Bonchev–Trinajstić information content (AvgIpc) is 3.83. The van der Waals surface area contributed by atoms with Gasteiger partial charge in [0.2, 0.25) is 0 Å². The Balaban J connectivity index is 1.03. The first-order valence-electron chi connectivity index (χ1n) is 19.0. The molecule has 2 aromatic heterocycles. The molecule has 0 fully saturated rings. The van der Waals surface area contributed by atoms with Crippen LogP contribution in [-0.4, -0.2) is 19.5 Å². The Labute approximate surface area is 324 Å². The van der Waals surface area contributed by atoms with Crippen molar-refractivity contribution < 1.29 is 4.74 Å². The standard InChI is InChI=1S/C51H34N4O/c1-4-14-33(15-5-1)35-26-28-37(29-27-35)50-52-49(36-18-8-3-9-19-36)53-51(54-50)42-23-13-25-45-46(42)41-30-31-44-47(48(41)56-45)40-22-10-11-24-43(40)55(44)39-21-12-20-38(32-39)34-16-6-2-7-17-34/h1-32,41,48H. The van der Waals surface area contributed by atoms with E-state index in [-0.39, 0.29) is 12.0 Å². The molecule has 1 aliphatic carbocycles. The third-order valence-corrected chi connectivity index (χ3v) is 11.0. The van der Waals surface area contributed by atoms with Crippen LogP contribution in [0.3, 0.4) is 0 Å². The van der Waals surface area contributed by atoms with Crippen molar-refractivity contribution in [1.82, 2.24) is 19.5 Å². The maximum Gasteiger partial charge on any atom is 0.164 e. The van der Waals surface area contributed by atoms with Crippen molar-refractivity contribution in [2.45, 2.75) is 12.0 Å². The van der Waals surface area contributed by atoms with E-state index in [0.717, 1.165) is 50.5 Å². The summed E-state index contributed by atoms with van der Waals surface area (Å²) in [6.07, 6.45) is 4.38. The molecule has 2 aliphatic rings. The van der Waals surface area contributed by atoms with E-state index < -0.39 is 0 Å². The van der Waals surface area contributed by atoms with Gasteiger partial charge in [0.15, 0.2) is 17.5 Å². The lowest BCUT2D eigenvalue weighted by Gasteiger charge is -2.23. The highest BCUT2D eigenvalue weighted by Gasteiger charge is 2.42. The van der Waals surface area contributed by atoms with E-state index in [1.54, 1.807) is 0 Å². The van der Waals surface area contributed by atoms with Gasteiger partial charge in [0.25, 0.3) is 0 Å². The minimum Gasteiger partial charge on any atom is -0.484 e. The first kappa shape index (κ1) is 32.1. The summed E-state index contributed by atoms with van der Waals surface area (Å²) < 4.78 is 9.38. The van der Waals surface area contributed by atoms with Crippen LogP contribution in [0.5, 0.6) is 5.75 Å². The second-order valence-corrected chi connectivity index (χ2v) is 14.3. The molecule has 0 radical (unpaired) electrons. The summed E-state index contributed by atoms with van der Waals surface area (Å²) >= 11 is 0. The summed E-state index contributed by atoms with van der Waals surface area (Å²) in [6, 6.07) is 63.3. The Morgan fingerprint density at radius 3 is 1.73 bits per heavy atom. The van der Waals surface area contributed by atoms with Gasteiger partial charge in [-0.05, 0) is 52.6 Å². The summed E-state index contributed by atoms with van der Waals surface area (Å²) in [5.74, 6) is 2.71. The zero-order chi connectivity index (χ0) is 37.0.